The highest BCUT2D eigenvalue weighted by molar-refractivity contribution is 6.76. The minimum atomic E-state index is -1.26. The van der Waals surface area contributed by atoms with Crippen LogP contribution in [-0.4, -0.2) is 127 Å². The van der Waals surface area contributed by atoms with Gasteiger partial charge in [-0.25, -0.2) is 29.5 Å². The average Bonchev–Trinajstić information content (AvgIpc) is 4.22. The maximum Gasteiger partial charge on any atom is 0.416 e. The van der Waals surface area contributed by atoms with Gasteiger partial charge in [0, 0.05) is 40.5 Å². The average molecular weight is 1160 g/mol. The lowest BCUT2D eigenvalue weighted by molar-refractivity contribution is -0.150. The van der Waals surface area contributed by atoms with Crippen LogP contribution in [0.1, 0.15) is 80.4 Å². The van der Waals surface area contributed by atoms with Crippen molar-refractivity contribution in [2.45, 2.75) is 157 Å². The van der Waals surface area contributed by atoms with Gasteiger partial charge in [-0.1, -0.05) is 100.0 Å². The number of ketones is 1. The third-order valence-electron chi connectivity index (χ3n) is 13.3. The molecule has 2 aliphatic rings. The summed E-state index contributed by atoms with van der Waals surface area (Å²) in [6.07, 6.45) is 1.95. The van der Waals surface area contributed by atoms with E-state index in [0.29, 0.717) is 81.2 Å². The van der Waals surface area contributed by atoms with Gasteiger partial charge >= 0.3 is 12.2 Å². The van der Waals surface area contributed by atoms with Crippen molar-refractivity contribution in [2.75, 3.05) is 62.5 Å². The van der Waals surface area contributed by atoms with E-state index < -0.39 is 51.1 Å². The molecule has 0 saturated carbocycles. The molecule has 0 atom stereocenters. The molecule has 2 aliphatic heterocycles. The van der Waals surface area contributed by atoms with Gasteiger partial charge in [0.1, 0.15) is 41.5 Å². The van der Waals surface area contributed by atoms with Gasteiger partial charge in [-0.3, -0.25) is 23.7 Å². The minimum Gasteiger partial charge on any atom is -0.443 e. The van der Waals surface area contributed by atoms with Crippen molar-refractivity contribution >= 4 is 68.1 Å². The molecule has 19 nitrogen and oxygen atoms in total. The van der Waals surface area contributed by atoms with Gasteiger partial charge in [0.05, 0.1) is 63.3 Å². The Morgan fingerprint density at radius 3 is 1.27 bits per heavy atom. The van der Waals surface area contributed by atoms with E-state index in [1.807, 2.05) is 111 Å². The highest BCUT2D eigenvalue weighted by atomic mass is 28.3. The maximum atomic E-state index is 13.1. The van der Waals surface area contributed by atoms with Gasteiger partial charge < -0.3 is 37.9 Å². The molecule has 6 aromatic rings. The zero-order valence-electron chi connectivity index (χ0n) is 51.2. The summed E-state index contributed by atoms with van der Waals surface area (Å²) in [4.78, 5) is 59.9. The third-order valence-corrected chi connectivity index (χ3v) is 16.7. The number of ether oxygens (including phenoxy) is 8. The van der Waals surface area contributed by atoms with Crippen LogP contribution >= 0.6 is 0 Å². The maximum absolute atomic E-state index is 13.1. The van der Waals surface area contributed by atoms with E-state index in [2.05, 4.69) is 50.8 Å². The zero-order chi connectivity index (χ0) is 60.0. The summed E-state index contributed by atoms with van der Waals surface area (Å²) in [5.74, 6) is -1.06. The fraction of sp³-hybridized carbons (Fsp3) is 0.525. The second-order valence-corrected chi connectivity index (χ2v) is 37.0. The molecule has 0 bridgehead atoms. The first kappa shape index (κ1) is 63.4. The largest absolute Gasteiger partial charge is 0.443 e. The van der Waals surface area contributed by atoms with Crippen LogP contribution in [0.5, 0.6) is 0 Å². The summed E-state index contributed by atoms with van der Waals surface area (Å²) in [6.45, 7) is 40.2. The number of fused-ring (bicyclic) bond motifs is 2. The van der Waals surface area contributed by atoms with Crippen LogP contribution in [-0.2, 0) is 67.7 Å². The molecule has 2 aromatic carbocycles. The molecule has 8 rings (SSSR count). The molecule has 444 valence electrons. The van der Waals surface area contributed by atoms with Crippen molar-refractivity contribution in [3.8, 4) is 22.5 Å². The number of amides is 2. The van der Waals surface area contributed by atoms with E-state index in [9.17, 15) is 14.4 Å². The third kappa shape index (κ3) is 17.0. The Morgan fingerprint density at radius 2 is 0.951 bits per heavy atom. The highest BCUT2D eigenvalue weighted by Crippen LogP contribution is 2.36. The molecule has 2 fully saturated rings. The minimum absolute atomic E-state index is 0.174. The smallest absolute Gasteiger partial charge is 0.416 e. The predicted octanol–water partition coefficient (Wildman–Crippen LogP) is 12.9. The number of hydrogen-bond donors (Lipinski definition) is 0. The van der Waals surface area contributed by atoms with E-state index >= 15 is 0 Å². The number of hydrogen-bond acceptors (Lipinski definition) is 15. The van der Waals surface area contributed by atoms with Gasteiger partial charge in [0.2, 0.25) is 0 Å². The quantitative estimate of drug-likeness (QED) is 0.0398. The molecule has 0 spiro atoms. The molecule has 4 aromatic heterocycles. The van der Waals surface area contributed by atoms with Crippen LogP contribution in [0.15, 0.2) is 85.2 Å². The van der Waals surface area contributed by atoms with Crippen LogP contribution in [0.2, 0.25) is 51.4 Å². The molecule has 6 heterocycles. The lowest BCUT2D eigenvalue weighted by atomic mass is 10.0. The number of nitrogens with zero attached hydrogens (tertiary/aromatic N) is 8. The van der Waals surface area contributed by atoms with E-state index in [1.54, 1.807) is 27.0 Å². The molecule has 2 saturated heterocycles. The number of anilines is 2. The number of carbonyl (C=O) groups excluding carboxylic acids is 3. The number of carbonyl (C=O) groups is 3. The zero-order valence-corrected chi connectivity index (χ0v) is 53.2. The summed E-state index contributed by atoms with van der Waals surface area (Å²) < 4.78 is 50.8. The number of Topliss-reactive ketones (excluding diaryl/α,β-unsaturated/α-hetero) is 1. The Hall–Kier alpha value is -6.18. The molecule has 0 unspecified atom stereocenters. The Bertz CT molecular complexity index is 2980. The molecule has 0 radical (unpaired) electrons. The van der Waals surface area contributed by atoms with Crippen molar-refractivity contribution in [1.29, 1.82) is 0 Å². The summed E-state index contributed by atoms with van der Waals surface area (Å²) in [5, 5.41) is 0. The fourth-order valence-electron chi connectivity index (χ4n) is 8.95. The summed E-state index contributed by atoms with van der Waals surface area (Å²) in [5.41, 5.74) is 7.53. The van der Waals surface area contributed by atoms with Crippen LogP contribution in [0, 0.1) is 0 Å². The highest BCUT2D eigenvalue weighted by Gasteiger charge is 2.35. The summed E-state index contributed by atoms with van der Waals surface area (Å²) in [6, 6.07) is 22.2. The Kier molecular flexibility index (Phi) is 19.9. The standard InChI is InChI=1S/C31H44N4O5Si.C30H42N4O6Si/c1-22(2)20-34(29(36)40-30(3,4)5)27-19-32-28-25(33-27)18-26(35(28)21-37-16-17-41(7,8)9)23-10-12-24(13-11-23)31(6)38-14-15-39-31;1-21(35)19-33(28(36)40-29(2,3)4)26-18-31-27-24(32-26)17-25(34(27)20-37-15-16-41(6,7)8)22-9-11-23(12-10-22)30(5)38-13-14-39-30/h10-13,18-19H,1,14-17,20-21H2,2-9H3;9-12,17-18H,13-16,19-20H2,1-8H3. The predicted molar refractivity (Wildman–Crippen MR) is 325 cm³/mol. The van der Waals surface area contributed by atoms with Crippen LogP contribution in [0.4, 0.5) is 21.2 Å². The van der Waals surface area contributed by atoms with Gasteiger partial charge in [-0.15, -0.1) is 0 Å². The van der Waals surface area contributed by atoms with E-state index in [4.69, 9.17) is 52.8 Å². The normalized spacial score (nSPS) is 15.3. The van der Waals surface area contributed by atoms with Crippen molar-refractivity contribution in [2.24, 2.45) is 0 Å². The van der Waals surface area contributed by atoms with Gasteiger partial charge in [-0.05, 0) is 105 Å². The Morgan fingerprint density at radius 1 is 0.598 bits per heavy atom. The van der Waals surface area contributed by atoms with Gasteiger partial charge in [0.25, 0.3) is 0 Å². The van der Waals surface area contributed by atoms with Crippen molar-refractivity contribution < 1.29 is 52.3 Å². The molecule has 0 N–H and O–H groups in total. The second-order valence-electron chi connectivity index (χ2n) is 25.7. The van der Waals surface area contributed by atoms with Crippen molar-refractivity contribution in [3.63, 3.8) is 0 Å². The first-order valence-corrected chi connectivity index (χ1v) is 35.5. The molecule has 82 heavy (non-hydrogen) atoms. The molecule has 21 heteroatoms. The number of aromatic nitrogens is 6. The molecule has 2 amide bonds. The first-order chi connectivity index (χ1) is 38.3. The molecular formula is C61H86N8O11Si2. The first-order valence-electron chi connectivity index (χ1n) is 28.1. The summed E-state index contributed by atoms with van der Waals surface area (Å²) >= 11 is 0. The number of benzene rings is 2. The van der Waals surface area contributed by atoms with Gasteiger partial charge in [0.15, 0.2) is 34.5 Å². The Labute approximate surface area is 485 Å². The van der Waals surface area contributed by atoms with Gasteiger partial charge in [-0.2, -0.15) is 0 Å². The lowest BCUT2D eigenvalue weighted by Gasteiger charge is -2.26. The topological polar surface area (TPSA) is 193 Å². The van der Waals surface area contributed by atoms with Crippen LogP contribution < -0.4 is 9.80 Å². The Balaban J connectivity index is 0.000000236. The fourth-order valence-corrected chi connectivity index (χ4v) is 10.5. The van der Waals surface area contributed by atoms with Crippen LogP contribution in [0.25, 0.3) is 44.8 Å². The molecular weight excluding hydrogens is 1080 g/mol. The SMILES string of the molecule is C=C(C)CN(C(=O)OC(C)(C)C)c1cnc2c(cc(-c3ccc(C4(C)OCCO4)cc3)n2COCC[Si](C)(C)C)n1.CC(=O)CN(C(=O)OC(C)(C)C)c1cnc2c(cc(-c3ccc(C4(C)OCCO4)cc3)n2COCC[Si](C)(C)C)n1. The van der Waals surface area contributed by atoms with Crippen LogP contribution in [0.3, 0.4) is 0 Å². The molecule has 0 aliphatic carbocycles. The van der Waals surface area contributed by atoms with Crippen molar-refractivity contribution in [1.82, 2.24) is 29.1 Å². The lowest BCUT2D eigenvalue weighted by Crippen LogP contribution is -2.40. The van der Waals surface area contributed by atoms with Crippen molar-refractivity contribution in [3.05, 3.63) is 96.3 Å². The van der Waals surface area contributed by atoms with E-state index in [-0.39, 0.29) is 24.7 Å². The monoisotopic (exact) mass is 1160 g/mol. The second kappa shape index (κ2) is 25.8. The van der Waals surface area contributed by atoms with E-state index in [0.717, 1.165) is 51.3 Å². The van der Waals surface area contributed by atoms with E-state index in [1.165, 1.54) is 22.9 Å². The number of rotatable bonds is 20. The summed E-state index contributed by atoms with van der Waals surface area (Å²) in [7, 11) is -2.50.